The fourth-order valence-corrected chi connectivity index (χ4v) is 2.88. The molecule has 3 nitrogen and oxygen atoms in total. The average molecular weight is 314 g/mol. The number of phenolic OH excluding ortho intramolecular Hbond substituents is 1. The van der Waals surface area contributed by atoms with Crippen molar-refractivity contribution in [1.29, 1.82) is 0 Å². The highest BCUT2D eigenvalue weighted by Gasteiger charge is 2.61. The Morgan fingerprint density at radius 2 is 1.46 bits per heavy atom. The molecule has 0 bridgehead atoms. The molecular weight excluding hydrogens is 295 g/mol. The SMILES string of the molecule is [B]C1(c2ccc(O)cc2)[B]C1([B])c1ccc(OCCN(C)C)cc1. The second kappa shape index (κ2) is 6.25. The molecule has 2 unspecified atom stereocenters. The lowest BCUT2D eigenvalue weighted by Crippen LogP contribution is -2.23. The van der Waals surface area contributed by atoms with Crippen LogP contribution in [0.4, 0.5) is 0 Å². The molecule has 6 heteroatoms. The largest absolute Gasteiger partial charge is 0.508 e. The molecule has 117 valence electrons. The first-order valence-corrected chi connectivity index (χ1v) is 7.97. The van der Waals surface area contributed by atoms with E-state index in [9.17, 15) is 5.11 Å². The summed E-state index contributed by atoms with van der Waals surface area (Å²) >= 11 is 0. The maximum atomic E-state index is 9.43. The number of hydrogen-bond donors (Lipinski definition) is 1. The van der Waals surface area contributed by atoms with E-state index >= 15 is 0 Å². The van der Waals surface area contributed by atoms with Crippen molar-refractivity contribution in [3.63, 3.8) is 0 Å². The van der Waals surface area contributed by atoms with Gasteiger partial charge in [0.1, 0.15) is 25.4 Å². The number of rotatable bonds is 6. The van der Waals surface area contributed by atoms with Gasteiger partial charge in [0.25, 0.3) is 0 Å². The van der Waals surface area contributed by atoms with E-state index in [4.69, 9.17) is 20.4 Å². The van der Waals surface area contributed by atoms with Crippen molar-refractivity contribution in [3.8, 4) is 11.5 Å². The number of phenols is 1. The van der Waals surface area contributed by atoms with Gasteiger partial charge in [0.2, 0.25) is 0 Å². The Balaban J connectivity index is 1.71. The molecule has 1 N–H and O–H groups in total. The predicted octanol–water partition coefficient (Wildman–Crippen LogP) is 1.39. The molecule has 0 amide bonds. The van der Waals surface area contributed by atoms with Crippen LogP contribution in [0.5, 0.6) is 11.5 Å². The monoisotopic (exact) mass is 314 g/mol. The zero-order valence-corrected chi connectivity index (χ0v) is 14.1. The minimum Gasteiger partial charge on any atom is -0.508 e. The minimum atomic E-state index is -0.728. The third-order valence-electron chi connectivity index (χ3n) is 4.54. The first kappa shape index (κ1) is 17.0. The molecular formula is C18H19B3NO2. The van der Waals surface area contributed by atoms with Crippen LogP contribution in [0.2, 0.25) is 0 Å². The molecule has 3 rings (SSSR count). The van der Waals surface area contributed by atoms with E-state index < -0.39 is 10.4 Å². The minimum absolute atomic E-state index is 0.213. The van der Waals surface area contributed by atoms with Crippen LogP contribution in [0.1, 0.15) is 11.1 Å². The van der Waals surface area contributed by atoms with E-state index in [0.717, 1.165) is 23.4 Å². The van der Waals surface area contributed by atoms with Gasteiger partial charge in [-0.05, 0) is 38.4 Å². The summed E-state index contributed by atoms with van der Waals surface area (Å²) in [5.41, 5.74) is 1.83. The van der Waals surface area contributed by atoms with E-state index in [-0.39, 0.29) is 5.75 Å². The Morgan fingerprint density at radius 3 is 1.96 bits per heavy atom. The number of ether oxygens (including phenoxy) is 1. The quantitative estimate of drug-likeness (QED) is 0.818. The zero-order chi connectivity index (χ0) is 17.4. The molecule has 1 fully saturated rings. The van der Waals surface area contributed by atoms with E-state index in [1.54, 1.807) is 24.3 Å². The molecule has 1 aliphatic rings. The average Bonchev–Trinajstić information content (AvgIpc) is 3.12. The van der Waals surface area contributed by atoms with Gasteiger partial charge in [0, 0.05) is 6.54 Å². The third-order valence-corrected chi connectivity index (χ3v) is 4.54. The Hall–Kier alpha value is -1.81. The summed E-state index contributed by atoms with van der Waals surface area (Å²) in [6.07, 6.45) is 0. The van der Waals surface area contributed by atoms with E-state index in [1.165, 1.54) is 0 Å². The Morgan fingerprint density at radius 1 is 0.958 bits per heavy atom. The number of aromatic hydroxyl groups is 1. The molecule has 1 heterocycles. The van der Waals surface area contributed by atoms with Crippen molar-refractivity contribution in [2.75, 3.05) is 27.2 Å². The summed E-state index contributed by atoms with van der Waals surface area (Å²) in [5.74, 6) is 1.03. The van der Waals surface area contributed by atoms with Crippen molar-refractivity contribution < 1.29 is 9.84 Å². The fourth-order valence-electron chi connectivity index (χ4n) is 2.88. The first-order valence-electron chi connectivity index (χ1n) is 7.97. The number of hydrogen-bond acceptors (Lipinski definition) is 3. The first-order chi connectivity index (χ1) is 11.3. The number of benzene rings is 2. The normalized spacial score (nSPS) is 25.3. The topological polar surface area (TPSA) is 32.7 Å². The van der Waals surface area contributed by atoms with Gasteiger partial charge in [-0.1, -0.05) is 45.8 Å². The van der Waals surface area contributed by atoms with Crippen LogP contribution in [0.15, 0.2) is 48.5 Å². The molecule has 1 aliphatic heterocycles. The van der Waals surface area contributed by atoms with Gasteiger partial charge in [-0.15, -0.1) is 0 Å². The molecule has 24 heavy (non-hydrogen) atoms. The molecule has 2 aromatic carbocycles. The van der Waals surface area contributed by atoms with Gasteiger partial charge in [-0.2, -0.15) is 0 Å². The van der Waals surface area contributed by atoms with Crippen LogP contribution in [0.3, 0.4) is 0 Å². The predicted molar refractivity (Wildman–Crippen MR) is 99.2 cm³/mol. The van der Waals surface area contributed by atoms with Gasteiger partial charge in [-0.25, -0.2) is 0 Å². The summed E-state index contributed by atoms with van der Waals surface area (Å²) in [5, 5.41) is 7.98. The molecule has 0 saturated carbocycles. The van der Waals surface area contributed by atoms with Crippen LogP contribution < -0.4 is 4.74 Å². The van der Waals surface area contributed by atoms with Crippen molar-refractivity contribution in [2.24, 2.45) is 0 Å². The lowest BCUT2D eigenvalue weighted by Gasteiger charge is -2.23. The highest BCUT2D eigenvalue weighted by atomic mass is 16.5. The maximum Gasteiger partial charge on any atom is 0.119 e. The van der Waals surface area contributed by atoms with E-state index in [2.05, 4.69) is 4.90 Å². The second-order valence-corrected chi connectivity index (χ2v) is 6.61. The molecule has 0 aliphatic carbocycles. The second-order valence-electron chi connectivity index (χ2n) is 6.61. The highest BCUT2D eigenvalue weighted by molar-refractivity contribution is 6.80. The molecule has 0 aromatic heterocycles. The van der Waals surface area contributed by atoms with Crippen molar-refractivity contribution in [3.05, 3.63) is 59.7 Å². The van der Waals surface area contributed by atoms with Crippen molar-refractivity contribution in [1.82, 2.24) is 4.90 Å². The van der Waals surface area contributed by atoms with Crippen LogP contribution in [-0.4, -0.2) is 60.2 Å². The van der Waals surface area contributed by atoms with Gasteiger partial charge in [0.05, 0.1) is 15.7 Å². The molecule has 2 aromatic rings. The Labute approximate surface area is 147 Å². The highest BCUT2D eigenvalue weighted by Crippen LogP contribution is 2.53. The maximum absolute atomic E-state index is 9.43. The molecule has 1 saturated heterocycles. The van der Waals surface area contributed by atoms with Gasteiger partial charge in [0.15, 0.2) is 0 Å². The number of likely N-dealkylation sites (N-methyl/N-ethyl adjacent to an activating group) is 1. The summed E-state index contributed by atoms with van der Waals surface area (Å²) in [6, 6.07) is 14.6. The Kier molecular flexibility index (Phi) is 4.43. The molecule has 2 atom stereocenters. The van der Waals surface area contributed by atoms with Crippen molar-refractivity contribution in [2.45, 2.75) is 10.4 Å². The third kappa shape index (κ3) is 3.07. The van der Waals surface area contributed by atoms with E-state index in [0.29, 0.717) is 6.61 Å². The molecule has 0 spiro atoms. The van der Waals surface area contributed by atoms with Crippen LogP contribution in [0.25, 0.3) is 0 Å². The van der Waals surface area contributed by atoms with Gasteiger partial charge >= 0.3 is 0 Å². The summed E-state index contributed by atoms with van der Waals surface area (Å²) < 4.78 is 5.70. The number of nitrogens with zero attached hydrogens (tertiary/aromatic N) is 1. The van der Waals surface area contributed by atoms with Crippen LogP contribution >= 0.6 is 0 Å². The van der Waals surface area contributed by atoms with Gasteiger partial charge < -0.3 is 14.7 Å². The fraction of sp³-hybridized carbons (Fsp3) is 0.333. The summed E-state index contributed by atoms with van der Waals surface area (Å²) in [4.78, 5) is 2.07. The lowest BCUT2D eigenvalue weighted by atomic mass is 9.61. The zero-order valence-electron chi connectivity index (χ0n) is 14.1. The standard InChI is InChI=1S/C18H19B3NO2/c1-22(2)11-12-24-16-9-5-14(6-10-16)18(20)17(19,21-18)13-3-7-15(23)8-4-13/h3-10,23H,11-12H2,1-2H3. The van der Waals surface area contributed by atoms with Crippen LogP contribution in [-0.2, 0) is 10.4 Å². The smallest absolute Gasteiger partial charge is 0.119 e. The molecule has 5 radical (unpaired) electrons. The summed E-state index contributed by atoms with van der Waals surface area (Å²) in [7, 11) is 18.9. The van der Waals surface area contributed by atoms with E-state index in [1.807, 2.05) is 45.6 Å². The van der Waals surface area contributed by atoms with Gasteiger partial charge in [-0.3, -0.25) is 0 Å². The summed E-state index contributed by atoms with van der Waals surface area (Å²) in [6.45, 7) is 1.50. The van der Waals surface area contributed by atoms with Crippen LogP contribution in [0, 0.1) is 0 Å². The lowest BCUT2D eigenvalue weighted by molar-refractivity contribution is 0.261. The van der Waals surface area contributed by atoms with Crippen molar-refractivity contribution >= 4 is 23.0 Å². The Bertz CT molecular complexity index is 705.